The van der Waals surface area contributed by atoms with Gasteiger partial charge in [0.25, 0.3) is 5.91 Å². The topological polar surface area (TPSA) is 58.2 Å². The van der Waals surface area contributed by atoms with Crippen molar-refractivity contribution in [3.8, 4) is 0 Å². The Labute approximate surface area is 110 Å². The first-order chi connectivity index (χ1) is 9.23. The number of amides is 3. The van der Waals surface area contributed by atoms with Crippen molar-refractivity contribution in [2.24, 2.45) is 0 Å². The maximum atomic E-state index is 12.3. The molecule has 1 aliphatic heterocycles. The van der Waals surface area contributed by atoms with Gasteiger partial charge in [0, 0.05) is 0 Å². The van der Waals surface area contributed by atoms with Gasteiger partial charge in [0.05, 0.1) is 0 Å². The van der Waals surface area contributed by atoms with Gasteiger partial charge in [-0.2, -0.15) is 0 Å². The first kappa shape index (κ1) is 11.5. The van der Waals surface area contributed by atoms with Gasteiger partial charge in [0.1, 0.15) is 0 Å². The molecule has 0 aliphatic carbocycles. The van der Waals surface area contributed by atoms with E-state index in [2.05, 4.69) is 10.6 Å². The number of hydrogen-bond donors (Lipinski definition) is 2. The molecule has 0 unspecified atom stereocenters. The summed E-state index contributed by atoms with van der Waals surface area (Å²) in [6, 6.07) is 18.0. The first-order valence-corrected chi connectivity index (χ1v) is 5.98. The van der Waals surface area contributed by atoms with Crippen LogP contribution in [-0.2, 0) is 10.3 Å². The number of imide groups is 1. The summed E-state index contributed by atoms with van der Waals surface area (Å²) in [7, 11) is 0. The SMILES string of the molecule is O=C1[15NH]C(=O)C(c2ccccc2)(c2ccccc2)[15NH]1. The molecule has 0 radical (unpaired) electrons. The van der Waals surface area contributed by atoms with Crippen LogP contribution in [-0.4, -0.2) is 11.9 Å². The van der Waals surface area contributed by atoms with E-state index in [0.29, 0.717) is 0 Å². The van der Waals surface area contributed by atoms with Gasteiger partial charge in [0.2, 0.25) is 0 Å². The molecular weight excluding hydrogens is 242 g/mol. The first-order valence-electron chi connectivity index (χ1n) is 5.98. The third-order valence-electron chi connectivity index (χ3n) is 3.28. The van der Waals surface area contributed by atoms with Crippen LogP contribution in [0, 0.1) is 0 Å². The van der Waals surface area contributed by atoms with E-state index < -0.39 is 11.6 Å². The fraction of sp³-hybridized carbons (Fsp3) is 0.0667. The molecule has 3 rings (SSSR count). The zero-order chi connectivity index (χ0) is 13.3. The van der Waals surface area contributed by atoms with E-state index in [4.69, 9.17) is 0 Å². The van der Waals surface area contributed by atoms with E-state index >= 15 is 0 Å². The van der Waals surface area contributed by atoms with Gasteiger partial charge in [-0.3, -0.25) is 10.1 Å². The van der Waals surface area contributed by atoms with Crippen molar-refractivity contribution in [1.82, 2.24) is 10.6 Å². The summed E-state index contributed by atoms with van der Waals surface area (Å²) in [5.41, 5.74) is 0.341. The Balaban J connectivity index is 2.23. The number of rotatable bonds is 2. The molecule has 1 fully saturated rings. The van der Waals surface area contributed by atoms with Crippen LogP contribution < -0.4 is 10.6 Å². The van der Waals surface area contributed by atoms with Gasteiger partial charge in [-0.25, -0.2) is 4.79 Å². The molecule has 3 amide bonds. The Bertz CT molecular complexity index is 584. The minimum Gasteiger partial charge on any atom is -0.316 e. The Morgan fingerprint density at radius 3 is 1.58 bits per heavy atom. The lowest BCUT2D eigenvalue weighted by atomic mass is 9.85. The molecule has 2 N–H and O–H groups in total. The predicted molar refractivity (Wildman–Crippen MR) is 70.3 cm³/mol. The van der Waals surface area contributed by atoms with Crippen molar-refractivity contribution in [3.63, 3.8) is 0 Å². The lowest BCUT2D eigenvalue weighted by molar-refractivity contribution is -0.122. The van der Waals surface area contributed by atoms with Crippen LogP contribution in [0.4, 0.5) is 4.79 Å². The second kappa shape index (κ2) is 4.24. The number of hydrogen-bond acceptors (Lipinski definition) is 2. The average molecular weight is 254 g/mol. The predicted octanol–water partition coefficient (Wildman–Crippen LogP) is 1.77. The van der Waals surface area contributed by atoms with Gasteiger partial charge >= 0.3 is 6.03 Å². The highest BCUT2D eigenvalue weighted by Gasteiger charge is 2.48. The standard InChI is InChI=1S/C15H12N2O2/c18-13-15(17-14(19)16-13,11-7-3-1-4-8-11)12-9-5-2-6-10-12/h1-10H,(H2,16,17,18,19)/i16+1,17+1. The second-order valence-corrected chi connectivity index (χ2v) is 4.39. The molecule has 19 heavy (non-hydrogen) atoms. The van der Waals surface area contributed by atoms with Crippen LogP contribution in [0.5, 0.6) is 0 Å². The minimum absolute atomic E-state index is 0.352. The Morgan fingerprint density at radius 1 is 0.737 bits per heavy atom. The molecular formula is C15H12N2O2. The number of benzene rings is 2. The highest BCUT2D eigenvalue weighted by Crippen LogP contribution is 2.32. The van der Waals surface area contributed by atoms with Crippen molar-refractivity contribution >= 4 is 11.9 Å². The Kier molecular flexibility index (Phi) is 2.56. The highest BCUT2D eigenvalue weighted by molar-refractivity contribution is 6.09. The van der Waals surface area contributed by atoms with E-state index in [9.17, 15) is 9.59 Å². The number of urea groups is 1. The van der Waals surface area contributed by atoms with Crippen LogP contribution in [0.15, 0.2) is 60.7 Å². The van der Waals surface area contributed by atoms with Crippen molar-refractivity contribution in [2.45, 2.75) is 5.54 Å². The lowest BCUT2D eigenvalue weighted by Gasteiger charge is -2.27. The summed E-state index contributed by atoms with van der Waals surface area (Å²) in [5, 5.41) is 5.07. The van der Waals surface area contributed by atoms with Gasteiger partial charge in [-0.15, -0.1) is 0 Å². The van der Waals surface area contributed by atoms with Crippen molar-refractivity contribution in [1.29, 1.82) is 0 Å². The van der Waals surface area contributed by atoms with Crippen molar-refractivity contribution in [2.75, 3.05) is 0 Å². The molecule has 0 saturated carbocycles. The zero-order valence-electron chi connectivity index (χ0n) is 10.1. The Hall–Kier alpha value is -2.62. The zero-order valence-corrected chi connectivity index (χ0v) is 10.1. The summed E-state index contributed by atoms with van der Waals surface area (Å²) < 4.78 is 0. The van der Waals surface area contributed by atoms with Crippen molar-refractivity contribution < 1.29 is 9.59 Å². The summed E-state index contributed by atoms with van der Waals surface area (Å²) in [4.78, 5) is 23.9. The van der Waals surface area contributed by atoms with E-state index in [1.165, 1.54) is 0 Å². The molecule has 1 saturated heterocycles. The van der Waals surface area contributed by atoms with Crippen molar-refractivity contribution in [3.05, 3.63) is 71.8 Å². The second-order valence-electron chi connectivity index (χ2n) is 4.39. The molecule has 1 heterocycles. The van der Waals surface area contributed by atoms with Gasteiger partial charge < -0.3 is 5.32 Å². The molecule has 4 nitrogen and oxygen atoms in total. The molecule has 1 aliphatic rings. The monoisotopic (exact) mass is 254 g/mol. The normalized spacial score (nSPS) is 16.8. The largest absolute Gasteiger partial charge is 0.322 e. The fourth-order valence-corrected chi connectivity index (χ4v) is 2.40. The maximum Gasteiger partial charge on any atom is 0.322 e. The molecule has 2 aromatic carbocycles. The lowest BCUT2D eigenvalue weighted by Crippen LogP contribution is -2.44. The summed E-state index contributed by atoms with van der Waals surface area (Å²) in [6.07, 6.45) is 0. The highest BCUT2D eigenvalue weighted by atomic mass is 16.3. The van der Waals surface area contributed by atoms with E-state index in [1.54, 1.807) is 0 Å². The van der Waals surface area contributed by atoms with E-state index in [-0.39, 0.29) is 5.91 Å². The number of carbonyl (C=O) groups is 2. The summed E-state index contributed by atoms with van der Waals surface area (Å²) in [5.74, 6) is -0.352. The summed E-state index contributed by atoms with van der Waals surface area (Å²) in [6.45, 7) is 0. The smallest absolute Gasteiger partial charge is 0.316 e. The quantitative estimate of drug-likeness (QED) is 0.634. The third-order valence-corrected chi connectivity index (χ3v) is 3.28. The fourth-order valence-electron chi connectivity index (χ4n) is 2.40. The van der Waals surface area contributed by atoms with E-state index in [0.717, 1.165) is 11.1 Å². The van der Waals surface area contributed by atoms with Crippen LogP contribution in [0.2, 0.25) is 0 Å². The Morgan fingerprint density at radius 2 is 1.21 bits per heavy atom. The van der Waals surface area contributed by atoms with Crippen LogP contribution in [0.25, 0.3) is 0 Å². The van der Waals surface area contributed by atoms with Gasteiger partial charge in [-0.05, 0) is 11.1 Å². The molecule has 0 aromatic heterocycles. The number of carbonyl (C=O) groups excluding carboxylic acids is 2. The molecule has 0 spiro atoms. The summed E-state index contributed by atoms with van der Waals surface area (Å²) >= 11 is 0. The van der Waals surface area contributed by atoms with Crippen LogP contribution in [0.1, 0.15) is 11.1 Å². The van der Waals surface area contributed by atoms with Crippen LogP contribution >= 0.6 is 0 Å². The molecule has 4 heteroatoms. The van der Waals surface area contributed by atoms with Gasteiger partial charge in [-0.1, -0.05) is 60.7 Å². The van der Waals surface area contributed by atoms with Crippen LogP contribution in [0.3, 0.4) is 0 Å². The third kappa shape index (κ3) is 1.69. The minimum atomic E-state index is -1.14. The molecule has 2 aromatic rings. The molecule has 94 valence electrons. The maximum absolute atomic E-state index is 12.3. The van der Waals surface area contributed by atoms with Gasteiger partial charge in [0.15, 0.2) is 5.54 Å². The van der Waals surface area contributed by atoms with E-state index in [1.807, 2.05) is 60.7 Å². The molecule has 0 bridgehead atoms. The molecule has 0 atom stereocenters. The number of nitrogens with one attached hydrogen (secondary N) is 2. The average Bonchev–Trinajstić information content (AvgIpc) is 2.76.